The molecule has 0 bridgehead atoms. The molecule has 4 nitrogen and oxygen atoms in total. The minimum Gasteiger partial charge on any atom is -0.491 e. The van der Waals surface area contributed by atoms with Gasteiger partial charge in [-0.15, -0.1) is 0 Å². The number of halogens is 1. The van der Waals surface area contributed by atoms with Gasteiger partial charge in [0.1, 0.15) is 17.9 Å². The van der Waals surface area contributed by atoms with Crippen LogP contribution in [-0.4, -0.2) is 16.1 Å². The topological polar surface area (TPSA) is 47.0 Å². The Labute approximate surface area is 111 Å². The van der Waals surface area contributed by atoms with Gasteiger partial charge in [0.15, 0.2) is 0 Å². The number of nitrogens with zero attached hydrogens (tertiary/aromatic N) is 2. The zero-order valence-electron chi connectivity index (χ0n) is 10.9. The van der Waals surface area contributed by atoms with E-state index in [1.165, 1.54) is 12.4 Å². The molecule has 0 fully saturated rings. The summed E-state index contributed by atoms with van der Waals surface area (Å²) in [6.45, 7) is 4.08. The van der Waals surface area contributed by atoms with Crippen molar-refractivity contribution in [2.24, 2.45) is 0 Å². The van der Waals surface area contributed by atoms with Gasteiger partial charge in [-0.05, 0) is 25.5 Å². The maximum atomic E-state index is 13.0. The molecule has 0 aliphatic heterocycles. The molecule has 1 aromatic heterocycles. The smallest absolute Gasteiger partial charge is 0.218 e. The van der Waals surface area contributed by atoms with E-state index in [1.54, 1.807) is 0 Å². The van der Waals surface area contributed by atoms with Crippen LogP contribution in [0.1, 0.15) is 20.3 Å². The number of anilines is 2. The third-order valence-electron chi connectivity index (χ3n) is 2.65. The number of nitrogens with one attached hydrogen (secondary N) is 1. The van der Waals surface area contributed by atoms with Crippen molar-refractivity contribution in [3.63, 3.8) is 0 Å². The van der Waals surface area contributed by atoms with E-state index < -0.39 is 5.95 Å². The second kappa shape index (κ2) is 6.13. The second-order valence-electron chi connectivity index (χ2n) is 4.22. The highest BCUT2D eigenvalue weighted by atomic mass is 19.1. The summed E-state index contributed by atoms with van der Waals surface area (Å²) >= 11 is 0. The summed E-state index contributed by atoms with van der Waals surface area (Å²) in [6, 6.07) is 8.72. The van der Waals surface area contributed by atoms with Crippen LogP contribution in [0.25, 0.3) is 0 Å². The molecule has 0 saturated heterocycles. The standard InChI is InChI=1S/C14H16FN3O/c1-3-10(2)19-12-6-4-5-11(7-12)18-14-8-13(15)16-9-17-14/h4-10H,3H2,1-2H3,(H,16,17,18). The summed E-state index contributed by atoms with van der Waals surface area (Å²) < 4.78 is 18.7. The fourth-order valence-corrected chi connectivity index (χ4v) is 1.51. The molecule has 0 amide bonds. The quantitative estimate of drug-likeness (QED) is 0.836. The van der Waals surface area contributed by atoms with Crippen LogP contribution in [-0.2, 0) is 0 Å². The number of ether oxygens (including phenoxy) is 1. The molecule has 19 heavy (non-hydrogen) atoms. The first-order valence-corrected chi connectivity index (χ1v) is 6.18. The summed E-state index contributed by atoms with van der Waals surface area (Å²) in [7, 11) is 0. The Bertz CT molecular complexity index is 548. The normalized spacial score (nSPS) is 11.9. The van der Waals surface area contributed by atoms with Crippen molar-refractivity contribution in [3.8, 4) is 5.75 Å². The Balaban J connectivity index is 2.10. The van der Waals surface area contributed by atoms with Crippen molar-refractivity contribution in [2.75, 3.05) is 5.32 Å². The Hall–Kier alpha value is -2.17. The number of hydrogen-bond donors (Lipinski definition) is 1. The molecule has 0 spiro atoms. The van der Waals surface area contributed by atoms with Crippen molar-refractivity contribution >= 4 is 11.5 Å². The number of aromatic nitrogens is 2. The summed E-state index contributed by atoms with van der Waals surface area (Å²) in [5.74, 6) is 0.617. The largest absolute Gasteiger partial charge is 0.491 e. The van der Waals surface area contributed by atoms with Gasteiger partial charge in [-0.1, -0.05) is 13.0 Å². The van der Waals surface area contributed by atoms with E-state index in [-0.39, 0.29) is 6.10 Å². The Morgan fingerprint density at radius 2 is 2.16 bits per heavy atom. The Kier molecular flexibility index (Phi) is 4.28. The van der Waals surface area contributed by atoms with Gasteiger partial charge in [0.05, 0.1) is 6.10 Å². The molecule has 2 rings (SSSR count). The summed E-state index contributed by atoms with van der Waals surface area (Å²) in [5.41, 5.74) is 0.791. The maximum Gasteiger partial charge on any atom is 0.218 e. The van der Waals surface area contributed by atoms with Gasteiger partial charge in [-0.2, -0.15) is 4.39 Å². The average molecular weight is 261 g/mol. The van der Waals surface area contributed by atoms with E-state index in [4.69, 9.17) is 4.74 Å². The van der Waals surface area contributed by atoms with Gasteiger partial charge in [0.25, 0.3) is 0 Å². The molecule has 100 valence electrons. The Morgan fingerprint density at radius 1 is 1.32 bits per heavy atom. The van der Waals surface area contributed by atoms with E-state index in [0.717, 1.165) is 17.9 Å². The number of hydrogen-bond acceptors (Lipinski definition) is 4. The van der Waals surface area contributed by atoms with Crippen molar-refractivity contribution in [2.45, 2.75) is 26.4 Å². The lowest BCUT2D eigenvalue weighted by Crippen LogP contribution is -2.09. The summed E-state index contributed by atoms with van der Waals surface area (Å²) in [4.78, 5) is 7.35. The lowest BCUT2D eigenvalue weighted by atomic mass is 10.2. The zero-order chi connectivity index (χ0) is 13.7. The third-order valence-corrected chi connectivity index (χ3v) is 2.65. The molecule has 1 unspecified atom stereocenters. The first-order valence-electron chi connectivity index (χ1n) is 6.18. The van der Waals surface area contributed by atoms with E-state index in [2.05, 4.69) is 22.2 Å². The lowest BCUT2D eigenvalue weighted by Gasteiger charge is -2.13. The van der Waals surface area contributed by atoms with Gasteiger partial charge < -0.3 is 10.1 Å². The van der Waals surface area contributed by atoms with Gasteiger partial charge in [0, 0.05) is 17.8 Å². The van der Waals surface area contributed by atoms with Gasteiger partial charge in [-0.3, -0.25) is 0 Å². The first-order chi connectivity index (χ1) is 9.17. The predicted molar refractivity (Wildman–Crippen MR) is 72.1 cm³/mol. The molecule has 5 heteroatoms. The molecule has 0 aliphatic rings. The van der Waals surface area contributed by atoms with E-state index >= 15 is 0 Å². The maximum absolute atomic E-state index is 13.0. The van der Waals surface area contributed by atoms with Crippen molar-refractivity contribution in [1.82, 2.24) is 9.97 Å². The highest BCUT2D eigenvalue weighted by molar-refractivity contribution is 5.57. The highest BCUT2D eigenvalue weighted by Crippen LogP contribution is 2.21. The number of rotatable bonds is 5. The van der Waals surface area contributed by atoms with Crippen molar-refractivity contribution in [1.29, 1.82) is 0 Å². The zero-order valence-corrected chi connectivity index (χ0v) is 10.9. The molecular weight excluding hydrogens is 245 g/mol. The van der Waals surface area contributed by atoms with Gasteiger partial charge >= 0.3 is 0 Å². The molecule has 1 atom stereocenters. The van der Waals surface area contributed by atoms with Crippen LogP contribution in [0.2, 0.25) is 0 Å². The minimum absolute atomic E-state index is 0.159. The highest BCUT2D eigenvalue weighted by Gasteiger charge is 2.03. The van der Waals surface area contributed by atoms with Crippen LogP contribution in [0, 0.1) is 5.95 Å². The van der Waals surface area contributed by atoms with Gasteiger partial charge in [-0.25, -0.2) is 9.97 Å². The van der Waals surface area contributed by atoms with Crippen LogP contribution < -0.4 is 10.1 Å². The molecule has 1 aromatic carbocycles. The molecular formula is C14H16FN3O. The van der Waals surface area contributed by atoms with Crippen LogP contribution >= 0.6 is 0 Å². The van der Waals surface area contributed by atoms with Crippen LogP contribution in [0.15, 0.2) is 36.7 Å². The van der Waals surface area contributed by atoms with Crippen molar-refractivity contribution < 1.29 is 9.13 Å². The van der Waals surface area contributed by atoms with Crippen LogP contribution in [0.4, 0.5) is 15.9 Å². The molecule has 0 saturated carbocycles. The SMILES string of the molecule is CCC(C)Oc1cccc(Nc2cc(F)ncn2)c1. The van der Waals surface area contributed by atoms with E-state index in [9.17, 15) is 4.39 Å². The first kappa shape index (κ1) is 13.3. The Morgan fingerprint density at radius 3 is 2.89 bits per heavy atom. The lowest BCUT2D eigenvalue weighted by molar-refractivity contribution is 0.217. The molecule has 2 aromatic rings. The van der Waals surface area contributed by atoms with Crippen LogP contribution in [0.3, 0.4) is 0 Å². The van der Waals surface area contributed by atoms with Gasteiger partial charge in [0.2, 0.25) is 5.95 Å². The third kappa shape index (κ3) is 3.91. The molecule has 1 heterocycles. The van der Waals surface area contributed by atoms with E-state index in [0.29, 0.717) is 5.82 Å². The minimum atomic E-state index is -0.565. The van der Waals surface area contributed by atoms with Crippen molar-refractivity contribution in [3.05, 3.63) is 42.6 Å². The van der Waals surface area contributed by atoms with E-state index in [1.807, 2.05) is 31.2 Å². The molecule has 1 N–H and O–H groups in total. The summed E-state index contributed by atoms with van der Waals surface area (Å²) in [6.07, 6.45) is 2.28. The number of benzene rings is 1. The van der Waals surface area contributed by atoms with Crippen LogP contribution in [0.5, 0.6) is 5.75 Å². The fraction of sp³-hybridized carbons (Fsp3) is 0.286. The molecule has 0 aliphatic carbocycles. The fourth-order valence-electron chi connectivity index (χ4n) is 1.51. The second-order valence-corrected chi connectivity index (χ2v) is 4.22. The summed E-state index contributed by atoms with van der Waals surface area (Å²) in [5, 5.41) is 3.01. The predicted octanol–water partition coefficient (Wildman–Crippen LogP) is 3.54. The monoisotopic (exact) mass is 261 g/mol. The average Bonchev–Trinajstić information content (AvgIpc) is 2.39. The molecule has 0 radical (unpaired) electrons.